The zero-order valence-electron chi connectivity index (χ0n) is 12.3. The molecule has 0 radical (unpaired) electrons. The molecule has 2 aromatic rings. The van der Waals surface area contributed by atoms with E-state index in [-0.39, 0.29) is 12.0 Å². The molecule has 1 saturated heterocycles. The Morgan fingerprint density at radius 1 is 1.55 bits per heavy atom. The number of nitrogens with zero attached hydrogens (tertiary/aromatic N) is 4. The first-order valence-corrected chi connectivity index (χ1v) is 7.10. The lowest BCUT2D eigenvalue weighted by Gasteiger charge is -2.17. The first kappa shape index (κ1) is 14.1. The fourth-order valence-electron chi connectivity index (χ4n) is 2.62. The van der Waals surface area contributed by atoms with Crippen LogP contribution in [0.25, 0.3) is 0 Å². The second-order valence-electron chi connectivity index (χ2n) is 5.31. The van der Waals surface area contributed by atoms with Gasteiger partial charge in [0.15, 0.2) is 0 Å². The highest BCUT2D eigenvalue weighted by Crippen LogP contribution is 2.19. The molecule has 112 valence electrons. The van der Waals surface area contributed by atoms with Crippen LogP contribution in [0.1, 0.15) is 22.5 Å². The Balaban J connectivity index is 1.66. The van der Waals surface area contributed by atoms with Gasteiger partial charge in [0, 0.05) is 32.4 Å². The Labute approximate surface area is 128 Å². The number of carbonyl (C=O) groups excluding carboxylic acids is 1. The van der Waals surface area contributed by atoms with Crippen LogP contribution in [0.2, 0.25) is 0 Å². The average Bonchev–Trinajstić information content (AvgIpc) is 3.14. The van der Waals surface area contributed by atoms with Crippen LogP contribution in [0.15, 0.2) is 36.8 Å². The van der Waals surface area contributed by atoms with Crippen molar-refractivity contribution in [3.8, 4) is 11.8 Å². The minimum Gasteiger partial charge on any atom is -0.487 e. The Morgan fingerprint density at radius 2 is 2.41 bits per heavy atom. The fraction of sp³-hybridized carbons (Fsp3) is 0.312. The summed E-state index contributed by atoms with van der Waals surface area (Å²) in [6.07, 6.45) is 5.78. The van der Waals surface area contributed by atoms with Crippen molar-refractivity contribution in [2.75, 3.05) is 13.1 Å². The van der Waals surface area contributed by atoms with Crippen molar-refractivity contribution >= 4 is 5.91 Å². The first-order chi connectivity index (χ1) is 10.7. The largest absolute Gasteiger partial charge is 0.487 e. The molecule has 1 fully saturated rings. The van der Waals surface area contributed by atoms with E-state index in [1.54, 1.807) is 41.2 Å². The highest BCUT2D eigenvalue weighted by Gasteiger charge is 2.29. The monoisotopic (exact) mass is 296 g/mol. The van der Waals surface area contributed by atoms with Gasteiger partial charge >= 0.3 is 0 Å². The van der Waals surface area contributed by atoms with E-state index in [4.69, 9.17) is 10.00 Å². The molecule has 6 heteroatoms. The molecule has 3 rings (SSSR count). The lowest BCUT2D eigenvalue weighted by atomic mass is 10.3. The molecule has 1 aliphatic rings. The number of likely N-dealkylation sites (tertiary alicyclic amines) is 1. The molecule has 0 saturated carbocycles. The minimum absolute atomic E-state index is 0.0242. The Hall–Kier alpha value is -2.81. The number of pyridine rings is 1. The molecule has 0 spiro atoms. The van der Waals surface area contributed by atoms with Crippen LogP contribution in [0.4, 0.5) is 0 Å². The third-order valence-electron chi connectivity index (χ3n) is 3.72. The smallest absolute Gasteiger partial charge is 0.270 e. The number of amides is 1. The lowest BCUT2D eigenvalue weighted by molar-refractivity contribution is 0.0763. The number of aromatic nitrogens is 2. The van der Waals surface area contributed by atoms with Gasteiger partial charge < -0.3 is 14.2 Å². The van der Waals surface area contributed by atoms with E-state index in [1.165, 1.54) is 0 Å². The van der Waals surface area contributed by atoms with Crippen molar-refractivity contribution in [1.29, 1.82) is 5.26 Å². The molecule has 0 aliphatic carbocycles. The number of carbonyl (C=O) groups is 1. The molecule has 1 aliphatic heterocycles. The number of hydrogen-bond donors (Lipinski definition) is 0. The lowest BCUT2D eigenvalue weighted by Crippen LogP contribution is -2.32. The third-order valence-corrected chi connectivity index (χ3v) is 3.72. The van der Waals surface area contributed by atoms with Crippen molar-refractivity contribution < 1.29 is 9.53 Å². The molecule has 22 heavy (non-hydrogen) atoms. The van der Waals surface area contributed by atoms with E-state index < -0.39 is 0 Å². The summed E-state index contributed by atoms with van der Waals surface area (Å²) in [6.45, 7) is 1.19. The standard InChI is InChI=1S/C16H16N4O2/c1-19-10-12(8-17)7-15(19)16(21)20-6-4-14(11-20)22-13-3-2-5-18-9-13/h2-3,5,7,9-10,14H,4,6,11H2,1H3/t14-/m1/s1. The predicted octanol–water partition coefficient (Wildman–Crippen LogP) is 1.59. The Kier molecular flexibility index (Phi) is 3.79. The molecule has 1 amide bonds. The van der Waals surface area contributed by atoms with Gasteiger partial charge in [-0.15, -0.1) is 0 Å². The van der Waals surface area contributed by atoms with Crippen LogP contribution < -0.4 is 4.74 Å². The summed E-state index contributed by atoms with van der Waals surface area (Å²) in [5.74, 6) is 0.647. The minimum atomic E-state index is -0.0683. The molecule has 6 nitrogen and oxygen atoms in total. The van der Waals surface area contributed by atoms with E-state index in [1.807, 2.05) is 12.1 Å². The zero-order valence-corrected chi connectivity index (χ0v) is 12.3. The van der Waals surface area contributed by atoms with Gasteiger partial charge in [0.1, 0.15) is 23.6 Å². The SMILES string of the molecule is Cn1cc(C#N)cc1C(=O)N1CC[C@@H](Oc2cccnc2)C1. The van der Waals surface area contributed by atoms with E-state index in [9.17, 15) is 4.79 Å². The normalized spacial score (nSPS) is 17.3. The topological polar surface area (TPSA) is 71.2 Å². The third kappa shape index (κ3) is 2.79. The molecule has 0 aromatic carbocycles. The van der Waals surface area contributed by atoms with E-state index in [0.717, 1.165) is 6.42 Å². The van der Waals surface area contributed by atoms with Gasteiger partial charge in [-0.05, 0) is 18.2 Å². The maximum absolute atomic E-state index is 12.5. The van der Waals surface area contributed by atoms with Crippen LogP contribution >= 0.6 is 0 Å². The van der Waals surface area contributed by atoms with Crippen molar-refractivity contribution in [2.24, 2.45) is 7.05 Å². The molecule has 0 bridgehead atoms. The molecule has 2 aromatic heterocycles. The summed E-state index contributed by atoms with van der Waals surface area (Å²) in [7, 11) is 1.77. The van der Waals surface area contributed by atoms with Gasteiger partial charge in [0.2, 0.25) is 0 Å². The van der Waals surface area contributed by atoms with Crippen LogP contribution in [0, 0.1) is 11.3 Å². The van der Waals surface area contributed by atoms with Crippen LogP contribution in [-0.2, 0) is 7.05 Å². The van der Waals surface area contributed by atoms with Crippen LogP contribution in [0.5, 0.6) is 5.75 Å². The maximum Gasteiger partial charge on any atom is 0.270 e. The molecule has 1 atom stereocenters. The molecule has 0 N–H and O–H groups in total. The van der Waals surface area contributed by atoms with E-state index in [0.29, 0.717) is 30.1 Å². The van der Waals surface area contributed by atoms with Crippen molar-refractivity contribution in [3.05, 3.63) is 48.0 Å². The molecule has 3 heterocycles. The van der Waals surface area contributed by atoms with Gasteiger partial charge in [-0.25, -0.2) is 0 Å². The van der Waals surface area contributed by atoms with Gasteiger partial charge in [-0.2, -0.15) is 5.26 Å². The summed E-state index contributed by atoms with van der Waals surface area (Å²) in [4.78, 5) is 18.3. The maximum atomic E-state index is 12.5. The summed E-state index contributed by atoms with van der Waals surface area (Å²) in [6, 6.07) is 7.35. The number of aryl methyl sites for hydroxylation is 1. The van der Waals surface area contributed by atoms with E-state index >= 15 is 0 Å². The number of rotatable bonds is 3. The number of ether oxygens (including phenoxy) is 1. The van der Waals surface area contributed by atoms with Gasteiger partial charge in [-0.1, -0.05) is 0 Å². The molecular formula is C16H16N4O2. The van der Waals surface area contributed by atoms with Gasteiger partial charge in [0.05, 0.1) is 18.3 Å². The number of hydrogen-bond acceptors (Lipinski definition) is 4. The molecular weight excluding hydrogens is 280 g/mol. The number of nitriles is 1. The van der Waals surface area contributed by atoms with Crippen LogP contribution in [0.3, 0.4) is 0 Å². The van der Waals surface area contributed by atoms with Gasteiger partial charge in [0.25, 0.3) is 5.91 Å². The summed E-state index contributed by atoms with van der Waals surface area (Å²) in [5.41, 5.74) is 1.02. The highest BCUT2D eigenvalue weighted by atomic mass is 16.5. The summed E-state index contributed by atoms with van der Waals surface area (Å²) >= 11 is 0. The average molecular weight is 296 g/mol. The van der Waals surface area contributed by atoms with Crippen LogP contribution in [-0.4, -0.2) is 39.6 Å². The summed E-state index contributed by atoms with van der Waals surface area (Å²) < 4.78 is 7.52. The Morgan fingerprint density at radius 3 is 3.09 bits per heavy atom. The predicted molar refractivity (Wildman–Crippen MR) is 79.3 cm³/mol. The fourth-order valence-corrected chi connectivity index (χ4v) is 2.62. The van der Waals surface area contributed by atoms with Gasteiger partial charge in [-0.3, -0.25) is 9.78 Å². The molecule has 0 unspecified atom stereocenters. The van der Waals surface area contributed by atoms with Crippen molar-refractivity contribution in [1.82, 2.24) is 14.5 Å². The van der Waals surface area contributed by atoms with Crippen molar-refractivity contribution in [2.45, 2.75) is 12.5 Å². The quantitative estimate of drug-likeness (QED) is 0.862. The zero-order chi connectivity index (χ0) is 15.5. The first-order valence-electron chi connectivity index (χ1n) is 7.10. The second-order valence-corrected chi connectivity index (χ2v) is 5.31. The highest BCUT2D eigenvalue weighted by molar-refractivity contribution is 5.93. The summed E-state index contributed by atoms with van der Waals surface area (Å²) in [5, 5.41) is 8.91. The van der Waals surface area contributed by atoms with Crippen molar-refractivity contribution in [3.63, 3.8) is 0 Å². The Bertz CT molecular complexity index is 717. The van der Waals surface area contributed by atoms with E-state index in [2.05, 4.69) is 11.1 Å². The second kappa shape index (κ2) is 5.90.